The summed E-state index contributed by atoms with van der Waals surface area (Å²) < 4.78 is 4.91. The van der Waals surface area contributed by atoms with Crippen molar-refractivity contribution in [2.75, 3.05) is 13.7 Å². The van der Waals surface area contributed by atoms with Gasteiger partial charge in [0.05, 0.1) is 6.04 Å². The first kappa shape index (κ1) is 12.4. The second-order valence-corrected chi connectivity index (χ2v) is 4.30. The quantitative estimate of drug-likeness (QED) is 0.720. The number of hydrogen-bond donors (Lipinski definition) is 1. The standard InChI is InChI=1S/C11H17NO2S/c1-14-5-2-3-10(12)11(13)7-9-4-6-15-8-9/h4,6,8,10H,2-3,5,7,12H2,1H3. The molecule has 0 saturated carbocycles. The molecule has 1 heterocycles. The van der Waals surface area contributed by atoms with E-state index in [1.54, 1.807) is 18.4 Å². The van der Waals surface area contributed by atoms with Crippen LogP contribution in [0.3, 0.4) is 0 Å². The Morgan fingerprint density at radius 2 is 2.47 bits per heavy atom. The molecule has 0 aliphatic rings. The summed E-state index contributed by atoms with van der Waals surface area (Å²) in [6, 6.07) is 1.62. The molecule has 1 rings (SSSR count). The van der Waals surface area contributed by atoms with Crippen LogP contribution in [0.4, 0.5) is 0 Å². The topological polar surface area (TPSA) is 52.3 Å². The molecule has 0 aliphatic carbocycles. The summed E-state index contributed by atoms with van der Waals surface area (Å²) in [5.74, 6) is 0.115. The Kier molecular flexibility index (Phi) is 5.53. The van der Waals surface area contributed by atoms with Crippen LogP contribution in [-0.4, -0.2) is 25.5 Å². The Bertz CT molecular complexity index is 285. The van der Waals surface area contributed by atoms with Crippen molar-refractivity contribution >= 4 is 17.1 Å². The maximum atomic E-state index is 11.6. The van der Waals surface area contributed by atoms with E-state index in [0.717, 1.165) is 12.0 Å². The molecular formula is C11H17NO2S. The molecule has 15 heavy (non-hydrogen) atoms. The van der Waals surface area contributed by atoms with E-state index in [-0.39, 0.29) is 11.8 Å². The zero-order valence-electron chi connectivity index (χ0n) is 8.94. The summed E-state index contributed by atoms with van der Waals surface area (Å²) in [6.07, 6.45) is 2.00. The lowest BCUT2D eigenvalue weighted by molar-refractivity contribution is -0.119. The van der Waals surface area contributed by atoms with Gasteiger partial charge >= 0.3 is 0 Å². The van der Waals surface area contributed by atoms with Crippen LogP contribution in [0.25, 0.3) is 0 Å². The minimum Gasteiger partial charge on any atom is -0.385 e. The lowest BCUT2D eigenvalue weighted by Gasteiger charge is -2.09. The van der Waals surface area contributed by atoms with E-state index in [1.807, 2.05) is 16.8 Å². The fraction of sp³-hybridized carbons (Fsp3) is 0.545. The average Bonchev–Trinajstić information content (AvgIpc) is 2.70. The van der Waals surface area contributed by atoms with E-state index in [0.29, 0.717) is 19.4 Å². The number of nitrogens with two attached hydrogens (primary N) is 1. The molecule has 1 aromatic heterocycles. The summed E-state index contributed by atoms with van der Waals surface area (Å²) >= 11 is 1.60. The normalized spacial score (nSPS) is 12.7. The van der Waals surface area contributed by atoms with Gasteiger partial charge in [0.15, 0.2) is 5.78 Å². The highest BCUT2D eigenvalue weighted by atomic mass is 32.1. The van der Waals surface area contributed by atoms with Crippen LogP contribution in [0.2, 0.25) is 0 Å². The molecule has 4 heteroatoms. The van der Waals surface area contributed by atoms with Crippen molar-refractivity contribution in [2.24, 2.45) is 5.73 Å². The van der Waals surface area contributed by atoms with Crippen LogP contribution in [0, 0.1) is 0 Å². The predicted octanol–water partition coefficient (Wildman–Crippen LogP) is 1.61. The molecule has 3 nitrogen and oxygen atoms in total. The molecule has 2 N–H and O–H groups in total. The second kappa shape index (κ2) is 6.71. The van der Waals surface area contributed by atoms with E-state index in [1.165, 1.54) is 0 Å². The summed E-state index contributed by atoms with van der Waals surface area (Å²) in [7, 11) is 1.65. The van der Waals surface area contributed by atoms with E-state index in [4.69, 9.17) is 10.5 Å². The molecule has 0 aromatic carbocycles. The van der Waals surface area contributed by atoms with Crippen molar-refractivity contribution in [3.05, 3.63) is 22.4 Å². The first-order chi connectivity index (χ1) is 7.24. The summed E-state index contributed by atoms with van der Waals surface area (Å²) in [5.41, 5.74) is 6.84. The molecule has 1 atom stereocenters. The molecule has 0 aliphatic heterocycles. The molecule has 0 bridgehead atoms. The third kappa shape index (κ3) is 4.55. The van der Waals surface area contributed by atoms with Crippen LogP contribution >= 0.6 is 11.3 Å². The Labute approximate surface area is 94.2 Å². The van der Waals surface area contributed by atoms with Crippen LogP contribution in [-0.2, 0) is 16.0 Å². The summed E-state index contributed by atoms with van der Waals surface area (Å²) in [5, 5.41) is 3.96. The van der Waals surface area contributed by atoms with E-state index in [9.17, 15) is 4.79 Å². The molecule has 0 radical (unpaired) electrons. The SMILES string of the molecule is COCCCC(N)C(=O)Cc1ccsc1. The van der Waals surface area contributed by atoms with Gasteiger partial charge in [-0.25, -0.2) is 0 Å². The molecule has 84 valence electrons. The number of carbonyl (C=O) groups excluding carboxylic acids is 1. The first-order valence-electron chi connectivity index (χ1n) is 5.02. The van der Waals surface area contributed by atoms with Gasteiger partial charge in [0.2, 0.25) is 0 Å². The fourth-order valence-corrected chi connectivity index (χ4v) is 2.00. The molecule has 1 unspecified atom stereocenters. The van der Waals surface area contributed by atoms with Crippen molar-refractivity contribution in [3.8, 4) is 0 Å². The lowest BCUT2D eigenvalue weighted by Crippen LogP contribution is -2.31. The predicted molar refractivity (Wildman–Crippen MR) is 62.1 cm³/mol. The minimum atomic E-state index is -0.347. The monoisotopic (exact) mass is 227 g/mol. The van der Waals surface area contributed by atoms with Crippen LogP contribution in [0.5, 0.6) is 0 Å². The largest absolute Gasteiger partial charge is 0.385 e. The van der Waals surface area contributed by atoms with Crippen LogP contribution in [0.15, 0.2) is 16.8 Å². The number of hydrogen-bond acceptors (Lipinski definition) is 4. The van der Waals surface area contributed by atoms with Crippen molar-refractivity contribution in [2.45, 2.75) is 25.3 Å². The minimum absolute atomic E-state index is 0.115. The van der Waals surface area contributed by atoms with Gasteiger partial charge in [-0.15, -0.1) is 0 Å². The molecule has 0 fully saturated rings. The van der Waals surface area contributed by atoms with Gasteiger partial charge in [0, 0.05) is 20.1 Å². The Morgan fingerprint density at radius 1 is 1.67 bits per heavy atom. The highest BCUT2D eigenvalue weighted by Crippen LogP contribution is 2.08. The number of rotatable bonds is 7. The maximum Gasteiger partial charge on any atom is 0.153 e. The number of Topliss-reactive ketones (excluding diaryl/α,β-unsaturated/α-hetero) is 1. The van der Waals surface area contributed by atoms with Crippen molar-refractivity contribution in [3.63, 3.8) is 0 Å². The highest BCUT2D eigenvalue weighted by molar-refractivity contribution is 7.07. The molecule has 0 saturated heterocycles. The van der Waals surface area contributed by atoms with Gasteiger partial charge in [0.25, 0.3) is 0 Å². The Balaban J connectivity index is 2.27. The lowest BCUT2D eigenvalue weighted by atomic mass is 10.0. The molecule has 1 aromatic rings. The third-order valence-electron chi connectivity index (χ3n) is 2.24. The van der Waals surface area contributed by atoms with Crippen LogP contribution < -0.4 is 5.73 Å². The second-order valence-electron chi connectivity index (χ2n) is 3.52. The number of ether oxygens (including phenoxy) is 1. The molecule has 0 amide bonds. The number of carbonyl (C=O) groups is 1. The summed E-state index contributed by atoms with van der Waals surface area (Å²) in [4.78, 5) is 11.6. The van der Waals surface area contributed by atoms with Crippen molar-refractivity contribution in [1.82, 2.24) is 0 Å². The Morgan fingerprint density at radius 3 is 3.07 bits per heavy atom. The maximum absolute atomic E-state index is 11.6. The van der Waals surface area contributed by atoms with Gasteiger partial charge in [-0.3, -0.25) is 4.79 Å². The van der Waals surface area contributed by atoms with E-state index < -0.39 is 0 Å². The van der Waals surface area contributed by atoms with Gasteiger partial charge in [-0.05, 0) is 35.2 Å². The van der Waals surface area contributed by atoms with Gasteiger partial charge in [0.1, 0.15) is 0 Å². The first-order valence-corrected chi connectivity index (χ1v) is 5.96. The fourth-order valence-electron chi connectivity index (χ4n) is 1.33. The number of ketones is 1. The van der Waals surface area contributed by atoms with Crippen molar-refractivity contribution in [1.29, 1.82) is 0 Å². The molecule has 0 spiro atoms. The smallest absolute Gasteiger partial charge is 0.153 e. The summed E-state index contributed by atoms with van der Waals surface area (Å²) in [6.45, 7) is 0.666. The number of thiophene rings is 1. The van der Waals surface area contributed by atoms with Gasteiger partial charge in [-0.2, -0.15) is 11.3 Å². The highest BCUT2D eigenvalue weighted by Gasteiger charge is 2.13. The van der Waals surface area contributed by atoms with Gasteiger partial charge in [-0.1, -0.05) is 0 Å². The zero-order chi connectivity index (χ0) is 11.1. The van der Waals surface area contributed by atoms with Crippen LogP contribution in [0.1, 0.15) is 18.4 Å². The van der Waals surface area contributed by atoms with E-state index >= 15 is 0 Å². The number of methoxy groups -OCH3 is 1. The van der Waals surface area contributed by atoms with Gasteiger partial charge < -0.3 is 10.5 Å². The van der Waals surface area contributed by atoms with E-state index in [2.05, 4.69) is 0 Å². The zero-order valence-corrected chi connectivity index (χ0v) is 9.76. The Hall–Kier alpha value is -0.710. The third-order valence-corrected chi connectivity index (χ3v) is 2.97. The average molecular weight is 227 g/mol. The molecular weight excluding hydrogens is 210 g/mol. The van der Waals surface area contributed by atoms with Crippen molar-refractivity contribution < 1.29 is 9.53 Å².